The highest BCUT2D eigenvalue weighted by molar-refractivity contribution is 6.00. The van der Waals surface area contributed by atoms with Gasteiger partial charge in [0.15, 0.2) is 0 Å². The molecule has 0 saturated heterocycles. The third kappa shape index (κ3) is 3.87. The Balaban J connectivity index is 4.73. The third-order valence-corrected chi connectivity index (χ3v) is 1.89. The molecule has 0 saturated carbocycles. The fourth-order valence-electron chi connectivity index (χ4n) is 1.31. The van der Waals surface area contributed by atoms with Crippen LogP contribution in [0, 0.1) is 0 Å². The summed E-state index contributed by atoms with van der Waals surface area (Å²) in [5.41, 5.74) is 5.80. The number of allylic oxidation sites excluding steroid dienone is 2. The van der Waals surface area contributed by atoms with Crippen LogP contribution in [0.2, 0.25) is 0 Å². The first-order valence-electron chi connectivity index (χ1n) is 4.59. The van der Waals surface area contributed by atoms with Crippen LogP contribution in [-0.2, 0) is 4.79 Å². The number of nitrogens with zero attached hydrogens (tertiary/aromatic N) is 1. The van der Waals surface area contributed by atoms with Gasteiger partial charge in [-0.05, 0) is 32.3 Å². The Labute approximate surface area is 79.9 Å². The highest BCUT2D eigenvalue weighted by Gasteiger charge is 2.04. The summed E-state index contributed by atoms with van der Waals surface area (Å²) in [6, 6.07) is 0. The van der Waals surface area contributed by atoms with Gasteiger partial charge < -0.3 is 0 Å². The Hall–Kier alpha value is -1.12. The van der Waals surface area contributed by atoms with E-state index in [-0.39, 0.29) is 0 Å². The van der Waals surface area contributed by atoms with Crippen molar-refractivity contribution in [3.05, 3.63) is 11.1 Å². The monoisotopic (exact) mass is 182 g/mol. The van der Waals surface area contributed by atoms with Crippen molar-refractivity contribution < 1.29 is 4.79 Å². The zero-order valence-corrected chi connectivity index (χ0v) is 8.85. The molecule has 1 amide bonds. The van der Waals surface area contributed by atoms with Gasteiger partial charge in [-0.2, -0.15) is 5.10 Å². The van der Waals surface area contributed by atoms with E-state index in [1.165, 1.54) is 11.1 Å². The Morgan fingerprint density at radius 2 is 1.92 bits per heavy atom. The number of carbonyl (C=O) groups excluding carboxylic acids is 1. The van der Waals surface area contributed by atoms with E-state index < -0.39 is 0 Å². The molecule has 0 aromatic rings. The molecule has 0 bridgehead atoms. The van der Waals surface area contributed by atoms with Gasteiger partial charge >= 0.3 is 0 Å². The molecule has 0 aromatic heterocycles. The largest absolute Gasteiger partial charge is 0.277 e. The number of rotatable bonds is 5. The van der Waals surface area contributed by atoms with Crippen molar-refractivity contribution in [3.8, 4) is 0 Å². The summed E-state index contributed by atoms with van der Waals surface area (Å²) in [5.74, 6) is 0. The maximum atomic E-state index is 10.1. The smallest absolute Gasteiger partial charge is 0.227 e. The number of hydrazone groups is 1. The van der Waals surface area contributed by atoms with Crippen LogP contribution in [0.1, 0.15) is 40.5 Å². The van der Waals surface area contributed by atoms with Crippen molar-refractivity contribution in [1.82, 2.24) is 5.43 Å². The van der Waals surface area contributed by atoms with Crippen molar-refractivity contribution in [1.29, 1.82) is 0 Å². The summed E-state index contributed by atoms with van der Waals surface area (Å²) >= 11 is 0. The molecule has 0 heterocycles. The van der Waals surface area contributed by atoms with Gasteiger partial charge in [-0.25, -0.2) is 5.43 Å². The molecule has 0 rings (SSSR count). The van der Waals surface area contributed by atoms with Crippen LogP contribution in [0.15, 0.2) is 16.2 Å². The minimum atomic E-state index is 0.591. The lowest BCUT2D eigenvalue weighted by molar-refractivity contribution is -0.109. The summed E-state index contributed by atoms with van der Waals surface area (Å²) in [5, 5.41) is 3.99. The molecule has 0 atom stereocenters. The molecule has 0 fully saturated rings. The molecule has 0 aromatic carbocycles. The van der Waals surface area contributed by atoms with Crippen molar-refractivity contribution in [2.75, 3.05) is 0 Å². The number of nitrogens with one attached hydrogen (secondary N) is 1. The zero-order chi connectivity index (χ0) is 10.3. The Morgan fingerprint density at radius 1 is 1.31 bits per heavy atom. The quantitative estimate of drug-likeness (QED) is 0.395. The van der Waals surface area contributed by atoms with Gasteiger partial charge in [0.1, 0.15) is 0 Å². The minimum absolute atomic E-state index is 0.591. The summed E-state index contributed by atoms with van der Waals surface area (Å²) in [6.45, 7) is 8.24. The number of carbonyl (C=O) groups is 1. The molecule has 0 aliphatic carbocycles. The summed E-state index contributed by atoms with van der Waals surface area (Å²) in [4.78, 5) is 10.1. The predicted molar refractivity (Wildman–Crippen MR) is 55.6 cm³/mol. The molecule has 0 radical (unpaired) electrons. The van der Waals surface area contributed by atoms with Gasteiger partial charge in [-0.15, -0.1) is 0 Å². The van der Waals surface area contributed by atoms with Gasteiger partial charge in [-0.1, -0.05) is 19.4 Å². The highest BCUT2D eigenvalue weighted by Crippen LogP contribution is 2.11. The molecule has 1 N–H and O–H groups in total. The maximum absolute atomic E-state index is 10.1. The van der Waals surface area contributed by atoms with E-state index in [2.05, 4.69) is 31.3 Å². The Kier molecular flexibility index (Phi) is 5.85. The average molecular weight is 182 g/mol. The van der Waals surface area contributed by atoms with E-state index >= 15 is 0 Å². The van der Waals surface area contributed by atoms with Crippen molar-refractivity contribution >= 4 is 12.1 Å². The lowest BCUT2D eigenvalue weighted by Gasteiger charge is -2.08. The SMILES string of the molecule is CCC(=C(C)C)/C(CC)=N\NC=O. The normalized spacial score (nSPS) is 10.9. The van der Waals surface area contributed by atoms with E-state index in [9.17, 15) is 4.79 Å². The van der Waals surface area contributed by atoms with E-state index in [1.807, 2.05) is 6.92 Å². The number of amides is 1. The molecule has 0 aliphatic rings. The second kappa shape index (κ2) is 6.40. The molecule has 0 spiro atoms. The fraction of sp³-hybridized carbons (Fsp3) is 0.600. The lowest BCUT2D eigenvalue weighted by Crippen LogP contribution is -2.10. The van der Waals surface area contributed by atoms with Gasteiger partial charge in [-0.3, -0.25) is 4.79 Å². The summed E-state index contributed by atoms with van der Waals surface area (Å²) in [7, 11) is 0. The standard InChI is InChI=1S/C10H18N2O/c1-5-9(8(3)4)10(6-2)12-11-7-13/h7H,5-6H2,1-4H3,(H,11,13)/b12-10-. The third-order valence-electron chi connectivity index (χ3n) is 1.89. The van der Waals surface area contributed by atoms with E-state index in [0.717, 1.165) is 18.6 Å². The molecule has 3 nitrogen and oxygen atoms in total. The van der Waals surface area contributed by atoms with E-state index in [0.29, 0.717) is 6.41 Å². The first kappa shape index (κ1) is 11.9. The van der Waals surface area contributed by atoms with Crippen molar-refractivity contribution in [2.24, 2.45) is 5.10 Å². The van der Waals surface area contributed by atoms with Crippen LogP contribution in [0.3, 0.4) is 0 Å². The lowest BCUT2D eigenvalue weighted by atomic mass is 10.0. The number of hydrogen-bond acceptors (Lipinski definition) is 2. The van der Waals surface area contributed by atoms with Crippen LogP contribution in [0.4, 0.5) is 0 Å². The molecular weight excluding hydrogens is 164 g/mol. The highest BCUT2D eigenvalue weighted by atomic mass is 16.1. The van der Waals surface area contributed by atoms with Gasteiger partial charge in [0.05, 0.1) is 5.71 Å². The Morgan fingerprint density at radius 3 is 2.23 bits per heavy atom. The van der Waals surface area contributed by atoms with Gasteiger partial charge in [0, 0.05) is 0 Å². The van der Waals surface area contributed by atoms with Gasteiger partial charge in [0.25, 0.3) is 0 Å². The van der Waals surface area contributed by atoms with Gasteiger partial charge in [0.2, 0.25) is 6.41 Å². The molecule has 13 heavy (non-hydrogen) atoms. The maximum Gasteiger partial charge on any atom is 0.227 e. The van der Waals surface area contributed by atoms with Crippen LogP contribution in [-0.4, -0.2) is 12.1 Å². The fourth-order valence-corrected chi connectivity index (χ4v) is 1.31. The molecular formula is C10H18N2O. The van der Waals surface area contributed by atoms with Crippen LogP contribution < -0.4 is 5.43 Å². The predicted octanol–water partition coefficient (Wildman–Crippen LogP) is 2.24. The van der Waals surface area contributed by atoms with Crippen molar-refractivity contribution in [3.63, 3.8) is 0 Å². The number of hydrogen-bond donors (Lipinski definition) is 1. The van der Waals surface area contributed by atoms with E-state index in [1.54, 1.807) is 0 Å². The van der Waals surface area contributed by atoms with E-state index in [4.69, 9.17) is 0 Å². The van der Waals surface area contributed by atoms with Crippen molar-refractivity contribution in [2.45, 2.75) is 40.5 Å². The van der Waals surface area contributed by atoms with Crippen LogP contribution >= 0.6 is 0 Å². The second-order valence-corrected chi connectivity index (χ2v) is 2.99. The molecule has 0 unspecified atom stereocenters. The topological polar surface area (TPSA) is 41.5 Å². The van der Waals surface area contributed by atoms with Crippen LogP contribution in [0.5, 0.6) is 0 Å². The first-order valence-corrected chi connectivity index (χ1v) is 4.59. The van der Waals surface area contributed by atoms with Crippen LogP contribution in [0.25, 0.3) is 0 Å². The molecule has 3 heteroatoms. The second-order valence-electron chi connectivity index (χ2n) is 2.99. The summed E-state index contributed by atoms with van der Waals surface area (Å²) in [6.07, 6.45) is 2.39. The Bertz CT molecular complexity index is 225. The molecule has 0 aliphatic heterocycles. The molecule has 74 valence electrons. The first-order chi connectivity index (χ1) is 6.17. The zero-order valence-electron chi connectivity index (χ0n) is 8.85. The average Bonchev–Trinajstić information content (AvgIpc) is 2.11. The minimum Gasteiger partial charge on any atom is -0.277 e. The summed E-state index contributed by atoms with van der Waals surface area (Å²) < 4.78 is 0.